The van der Waals surface area contributed by atoms with E-state index < -0.39 is 5.97 Å². The van der Waals surface area contributed by atoms with Gasteiger partial charge in [0.05, 0.1) is 19.5 Å². The van der Waals surface area contributed by atoms with Gasteiger partial charge in [-0.15, -0.1) is 11.8 Å². The Bertz CT molecular complexity index is 638. The molecule has 1 aromatic carbocycles. The van der Waals surface area contributed by atoms with Gasteiger partial charge in [0.25, 0.3) is 0 Å². The van der Waals surface area contributed by atoms with Crippen molar-refractivity contribution < 1.29 is 18.7 Å². The first-order chi connectivity index (χ1) is 10.0. The van der Waals surface area contributed by atoms with Gasteiger partial charge in [-0.1, -0.05) is 0 Å². The highest BCUT2D eigenvalue weighted by atomic mass is 32.2. The number of thioether (sulfide) groups is 1. The van der Waals surface area contributed by atoms with Crippen LogP contribution in [-0.4, -0.2) is 20.2 Å². The van der Waals surface area contributed by atoms with E-state index >= 15 is 0 Å². The Morgan fingerprint density at radius 2 is 2.05 bits per heavy atom. The first-order valence-corrected chi connectivity index (χ1v) is 7.21. The number of esters is 1. The third-order valence-electron chi connectivity index (χ3n) is 2.94. The van der Waals surface area contributed by atoms with Crippen LogP contribution in [0.25, 0.3) is 0 Å². The number of ether oxygens (including phenoxy) is 2. The Morgan fingerprint density at radius 1 is 1.29 bits per heavy atom. The number of furan rings is 1. The van der Waals surface area contributed by atoms with Crippen molar-refractivity contribution in [3.8, 4) is 5.75 Å². The van der Waals surface area contributed by atoms with Gasteiger partial charge in [0.15, 0.2) is 0 Å². The molecule has 2 N–H and O–H groups in total. The lowest BCUT2D eigenvalue weighted by atomic mass is 10.3. The molecule has 0 saturated heterocycles. The molecule has 1 heterocycles. The fourth-order valence-electron chi connectivity index (χ4n) is 1.77. The van der Waals surface area contributed by atoms with Crippen LogP contribution in [0.3, 0.4) is 0 Å². The molecule has 0 radical (unpaired) electrons. The van der Waals surface area contributed by atoms with Crippen LogP contribution in [-0.2, 0) is 4.74 Å². The predicted molar refractivity (Wildman–Crippen MR) is 81.7 cm³/mol. The standard InChI is InChI=1S/C15H17NO4S/c1-9(12-6-7-13(20-12)15(17)19-3)21-14-8-10(18-2)4-5-11(14)16/h4-9H,16H2,1-3H3. The zero-order valence-electron chi connectivity index (χ0n) is 12.1. The van der Waals surface area contributed by atoms with Crippen molar-refractivity contribution in [1.29, 1.82) is 0 Å². The van der Waals surface area contributed by atoms with E-state index in [1.807, 2.05) is 19.1 Å². The first kappa shape index (κ1) is 15.3. The number of rotatable bonds is 5. The van der Waals surface area contributed by atoms with Crippen molar-refractivity contribution in [3.05, 3.63) is 41.9 Å². The van der Waals surface area contributed by atoms with E-state index in [1.165, 1.54) is 18.9 Å². The zero-order chi connectivity index (χ0) is 15.4. The molecule has 0 fully saturated rings. The number of methoxy groups -OCH3 is 2. The number of benzene rings is 1. The highest BCUT2D eigenvalue weighted by molar-refractivity contribution is 7.99. The number of carbonyl (C=O) groups excluding carboxylic acids is 1. The van der Waals surface area contributed by atoms with Crippen molar-refractivity contribution in [3.63, 3.8) is 0 Å². The minimum atomic E-state index is -0.487. The van der Waals surface area contributed by atoms with Gasteiger partial charge in [-0.25, -0.2) is 4.79 Å². The minimum Gasteiger partial charge on any atom is -0.497 e. The smallest absolute Gasteiger partial charge is 0.373 e. The zero-order valence-corrected chi connectivity index (χ0v) is 12.9. The maximum atomic E-state index is 11.4. The van der Waals surface area contributed by atoms with E-state index in [1.54, 1.807) is 25.3 Å². The van der Waals surface area contributed by atoms with Gasteiger partial charge >= 0.3 is 5.97 Å². The molecule has 1 atom stereocenters. The van der Waals surface area contributed by atoms with Crippen molar-refractivity contribution in [2.75, 3.05) is 20.0 Å². The summed E-state index contributed by atoms with van der Waals surface area (Å²) < 4.78 is 15.3. The average molecular weight is 307 g/mol. The van der Waals surface area contributed by atoms with Gasteiger partial charge in [0.1, 0.15) is 11.5 Å². The van der Waals surface area contributed by atoms with Gasteiger partial charge in [-0.05, 0) is 37.3 Å². The molecule has 2 aromatic rings. The molecule has 2 rings (SSSR count). The Labute approximate surface area is 127 Å². The third kappa shape index (κ3) is 3.52. The number of nitrogens with two attached hydrogens (primary N) is 1. The second kappa shape index (κ2) is 6.58. The normalized spacial score (nSPS) is 12.0. The molecule has 1 aromatic heterocycles. The van der Waals surface area contributed by atoms with Crippen molar-refractivity contribution in [2.45, 2.75) is 17.1 Å². The van der Waals surface area contributed by atoms with Crippen molar-refractivity contribution >= 4 is 23.4 Å². The van der Waals surface area contributed by atoms with Gasteiger partial charge < -0.3 is 19.6 Å². The van der Waals surface area contributed by atoms with E-state index in [2.05, 4.69) is 4.74 Å². The molecule has 0 aliphatic rings. The molecule has 1 unspecified atom stereocenters. The van der Waals surface area contributed by atoms with E-state index in [0.717, 1.165) is 10.6 Å². The highest BCUT2D eigenvalue weighted by Gasteiger charge is 2.17. The van der Waals surface area contributed by atoms with Crippen LogP contribution >= 0.6 is 11.8 Å². The lowest BCUT2D eigenvalue weighted by Crippen LogP contribution is -1.98. The molecule has 0 aliphatic carbocycles. The van der Waals surface area contributed by atoms with Crippen molar-refractivity contribution in [1.82, 2.24) is 0 Å². The fraction of sp³-hybridized carbons (Fsp3) is 0.267. The summed E-state index contributed by atoms with van der Waals surface area (Å²) in [5.41, 5.74) is 6.64. The van der Waals surface area contributed by atoms with Crippen LogP contribution in [0.2, 0.25) is 0 Å². The predicted octanol–water partition coefficient (Wildman–Crippen LogP) is 3.51. The topological polar surface area (TPSA) is 74.7 Å². The van der Waals surface area contributed by atoms with Gasteiger partial charge in [-0.3, -0.25) is 0 Å². The average Bonchev–Trinajstić information content (AvgIpc) is 2.98. The Morgan fingerprint density at radius 3 is 2.71 bits per heavy atom. The molecular formula is C15H17NO4S. The van der Waals surface area contributed by atoms with Crippen LogP contribution in [0.15, 0.2) is 39.6 Å². The number of anilines is 1. The van der Waals surface area contributed by atoms with Crippen molar-refractivity contribution in [2.24, 2.45) is 0 Å². The lowest BCUT2D eigenvalue weighted by molar-refractivity contribution is 0.0563. The Kier molecular flexibility index (Phi) is 4.80. The Balaban J connectivity index is 2.16. The second-order valence-electron chi connectivity index (χ2n) is 4.36. The molecule has 0 bridgehead atoms. The summed E-state index contributed by atoms with van der Waals surface area (Å²) >= 11 is 1.53. The van der Waals surface area contributed by atoms with Crippen LogP contribution in [0.5, 0.6) is 5.75 Å². The maximum absolute atomic E-state index is 11.4. The summed E-state index contributed by atoms with van der Waals surface area (Å²) in [7, 11) is 2.93. The molecule has 5 nitrogen and oxygen atoms in total. The van der Waals surface area contributed by atoms with E-state index in [0.29, 0.717) is 11.4 Å². The molecule has 0 amide bonds. The molecule has 112 valence electrons. The molecule has 0 saturated carbocycles. The van der Waals surface area contributed by atoms with Crippen LogP contribution in [0, 0.1) is 0 Å². The summed E-state index contributed by atoms with van der Waals surface area (Å²) in [4.78, 5) is 12.3. The van der Waals surface area contributed by atoms with Gasteiger partial charge in [0.2, 0.25) is 5.76 Å². The monoisotopic (exact) mass is 307 g/mol. The summed E-state index contributed by atoms with van der Waals surface area (Å²) in [6.07, 6.45) is 0. The molecule has 0 spiro atoms. The van der Waals surface area contributed by atoms with Gasteiger partial charge in [-0.2, -0.15) is 0 Å². The largest absolute Gasteiger partial charge is 0.497 e. The van der Waals surface area contributed by atoms with Crippen LogP contribution in [0.1, 0.15) is 28.5 Å². The quantitative estimate of drug-likeness (QED) is 0.517. The summed E-state index contributed by atoms with van der Waals surface area (Å²) in [5.74, 6) is 1.13. The second-order valence-corrected chi connectivity index (χ2v) is 5.74. The third-order valence-corrected chi connectivity index (χ3v) is 4.13. The van der Waals surface area contributed by atoms with Crippen LogP contribution in [0.4, 0.5) is 5.69 Å². The number of nitrogen functional groups attached to an aromatic ring is 1. The summed E-state index contributed by atoms with van der Waals surface area (Å²) in [5, 5.41) is -0.00203. The van der Waals surface area contributed by atoms with Crippen LogP contribution < -0.4 is 10.5 Å². The highest BCUT2D eigenvalue weighted by Crippen LogP contribution is 2.39. The number of hydrogen-bond acceptors (Lipinski definition) is 6. The molecule has 0 aliphatic heterocycles. The fourth-order valence-corrected chi connectivity index (χ4v) is 2.79. The maximum Gasteiger partial charge on any atom is 0.373 e. The minimum absolute atomic E-state index is 0.00203. The SMILES string of the molecule is COC(=O)c1ccc(C(C)Sc2cc(OC)ccc2N)o1. The Hall–Kier alpha value is -2.08. The van der Waals surface area contributed by atoms with Gasteiger partial charge in [0, 0.05) is 10.6 Å². The summed E-state index contributed by atoms with van der Waals surface area (Å²) in [6, 6.07) is 8.86. The molecule has 6 heteroatoms. The molecule has 21 heavy (non-hydrogen) atoms. The van der Waals surface area contributed by atoms with E-state index in [4.69, 9.17) is 14.9 Å². The number of hydrogen-bond donors (Lipinski definition) is 1. The lowest BCUT2D eigenvalue weighted by Gasteiger charge is -2.12. The number of carbonyl (C=O) groups is 1. The summed E-state index contributed by atoms with van der Waals surface area (Å²) in [6.45, 7) is 1.98. The first-order valence-electron chi connectivity index (χ1n) is 6.33. The van der Waals surface area contributed by atoms with E-state index in [9.17, 15) is 4.79 Å². The molecular weight excluding hydrogens is 290 g/mol. The van der Waals surface area contributed by atoms with E-state index in [-0.39, 0.29) is 11.0 Å².